The van der Waals surface area contributed by atoms with Gasteiger partial charge >= 0.3 is 0 Å². The highest BCUT2D eigenvalue weighted by atomic mass is 16.5. The highest BCUT2D eigenvalue weighted by Gasteiger charge is 2.15. The molecular formula is C18H18N2O. The van der Waals surface area contributed by atoms with E-state index in [-0.39, 0.29) is 6.04 Å². The van der Waals surface area contributed by atoms with Gasteiger partial charge in [0.2, 0.25) is 0 Å². The van der Waals surface area contributed by atoms with E-state index in [1.54, 1.807) is 6.26 Å². The van der Waals surface area contributed by atoms with Gasteiger partial charge in [-0.2, -0.15) is 0 Å². The van der Waals surface area contributed by atoms with Crippen LogP contribution in [0.1, 0.15) is 28.4 Å². The van der Waals surface area contributed by atoms with Gasteiger partial charge in [-0.25, -0.2) is 0 Å². The summed E-state index contributed by atoms with van der Waals surface area (Å²) in [6.45, 7) is 2.81. The van der Waals surface area contributed by atoms with Crippen LogP contribution in [0.5, 0.6) is 0 Å². The molecule has 0 bridgehead atoms. The van der Waals surface area contributed by atoms with E-state index in [0.717, 1.165) is 5.69 Å². The largest absolute Gasteiger partial charge is 0.364 e. The molecule has 1 unspecified atom stereocenters. The van der Waals surface area contributed by atoms with E-state index in [1.807, 2.05) is 12.1 Å². The molecule has 3 rings (SSSR count). The van der Waals surface area contributed by atoms with E-state index >= 15 is 0 Å². The third-order valence-corrected chi connectivity index (χ3v) is 3.61. The first-order valence-corrected chi connectivity index (χ1v) is 7.08. The smallest absolute Gasteiger partial charge is 0.124 e. The Hall–Kier alpha value is -2.39. The summed E-state index contributed by atoms with van der Waals surface area (Å²) in [5.41, 5.74) is 4.71. The van der Waals surface area contributed by atoms with Crippen molar-refractivity contribution in [3.63, 3.8) is 0 Å². The highest BCUT2D eigenvalue weighted by molar-refractivity contribution is 5.36. The van der Waals surface area contributed by atoms with Gasteiger partial charge in [0.1, 0.15) is 6.26 Å². The van der Waals surface area contributed by atoms with Crippen LogP contribution >= 0.6 is 0 Å². The second-order valence-electron chi connectivity index (χ2n) is 5.07. The van der Waals surface area contributed by atoms with Crippen molar-refractivity contribution in [2.45, 2.75) is 19.5 Å². The lowest BCUT2D eigenvalue weighted by Gasteiger charge is -2.21. The molecule has 0 spiro atoms. The standard InChI is InChI=1S/C18H18N2O/c1-14-7-5-6-10-17(14)18(15-8-3-2-4-9-15)19-13-16-11-12-21-20-16/h2-12,18-19H,13H2,1H3. The molecular weight excluding hydrogens is 260 g/mol. The van der Waals surface area contributed by atoms with E-state index in [9.17, 15) is 0 Å². The zero-order valence-corrected chi connectivity index (χ0v) is 12.0. The van der Waals surface area contributed by atoms with E-state index < -0.39 is 0 Å². The SMILES string of the molecule is Cc1ccccc1C(NCc1ccon1)c1ccccc1. The number of aromatic nitrogens is 1. The summed E-state index contributed by atoms with van der Waals surface area (Å²) in [6.07, 6.45) is 1.60. The minimum atomic E-state index is 0.143. The average Bonchev–Trinajstić information content (AvgIpc) is 3.04. The highest BCUT2D eigenvalue weighted by Crippen LogP contribution is 2.25. The number of nitrogens with one attached hydrogen (secondary N) is 1. The molecule has 1 N–H and O–H groups in total. The summed E-state index contributed by atoms with van der Waals surface area (Å²) < 4.78 is 4.89. The van der Waals surface area contributed by atoms with Crippen molar-refractivity contribution in [3.8, 4) is 0 Å². The maximum absolute atomic E-state index is 4.89. The van der Waals surface area contributed by atoms with Crippen LogP contribution in [0, 0.1) is 6.92 Å². The normalized spacial score (nSPS) is 12.2. The molecule has 0 radical (unpaired) electrons. The van der Waals surface area contributed by atoms with Gasteiger partial charge in [0.05, 0.1) is 11.7 Å². The third kappa shape index (κ3) is 3.20. The van der Waals surface area contributed by atoms with Crippen LogP contribution in [0.4, 0.5) is 0 Å². The summed E-state index contributed by atoms with van der Waals surface area (Å²) in [6, 6.07) is 20.9. The van der Waals surface area contributed by atoms with Gasteiger partial charge in [-0.15, -0.1) is 0 Å². The maximum atomic E-state index is 4.89. The molecule has 3 heteroatoms. The van der Waals surface area contributed by atoms with Crippen molar-refractivity contribution >= 4 is 0 Å². The number of hydrogen-bond acceptors (Lipinski definition) is 3. The fourth-order valence-electron chi connectivity index (χ4n) is 2.50. The zero-order valence-electron chi connectivity index (χ0n) is 12.0. The van der Waals surface area contributed by atoms with Gasteiger partial charge in [0, 0.05) is 12.6 Å². The second-order valence-corrected chi connectivity index (χ2v) is 5.07. The molecule has 21 heavy (non-hydrogen) atoms. The lowest BCUT2D eigenvalue weighted by molar-refractivity contribution is 0.407. The Labute approximate surface area is 124 Å². The molecule has 0 saturated heterocycles. The predicted molar refractivity (Wildman–Crippen MR) is 82.8 cm³/mol. The van der Waals surface area contributed by atoms with Crippen LogP contribution in [0.15, 0.2) is 71.4 Å². The monoisotopic (exact) mass is 278 g/mol. The molecule has 0 aliphatic carbocycles. The molecule has 2 aromatic carbocycles. The topological polar surface area (TPSA) is 38.1 Å². The zero-order chi connectivity index (χ0) is 14.5. The van der Waals surface area contributed by atoms with Crippen molar-refractivity contribution in [3.05, 3.63) is 89.3 Å². The molecule has 0 saturated carbocycles. The van der Waals surface area contributed by atoms with Crippen molar-refractivity contribution in [1.82, 2.24) is 10.5 Å². The fraction of sp³-hybridized carbons (Fsp3) is 0.167. The van der Waals surface area contributed by atoms with Crippen molar-refractivity contribution in [2.75, 3.05) is 0 Å². The van der Waals surface area contributed by atoms with Crippen LogP contribution in [0.2, 0.25) is 0 Å². The summed E-state index contributed by atoms with van der Waals surface area (Å²) in [4.78, 5) is 0. The van der Waals surface area contributed by atoms with Gasteiger partial charge in [0.15, 0.2) is 0 Å². The number of nitrogens with zero attached hydrogens (tertiary/aromatic N) is 1. The third-order valence-electron chi connectivity index (χ3n) is 3.61. The molecule has 3 aromatic rings. The van der Waals surface area contributed by atoms with Crippen LogP contribution in [-0.2, 0) is 6.54 Å². The minimum Gasteiger partial charge on any atom is -0.364 e. The van der Waals surface area contributed by atoms with Crippen molar-refractivity contribution in [2.24, 2.45) is 0 Å². The Morgan fingerprint density at radius 1 is 1.00 bits per heavy atom. The number of benzene rings is 2. The molecule has 1 aromatic heterocycles. The first kappa shape index (κ1) is 13.6. The van der Waals surface area contributed by atoms with E-state index in [4.69, 9.17) is 4.52 Å². The lowest BCUT2D eigenvalue weighted by atomic mass is 9.95. The molecule has 0 aliphatic rings. The van der Waals surface area contributed by atoms with Gasteiger partial charge in [-0.05, 0) is 23.6 Å². The summed E-state index contributed by atoms with van der Waals surface area (Å²) in [5.74, 6) is 0. The van der Waals surface area contributed by atoms with Crippen LogP contribution in [0.3, 0.4) is 0 Å². The van der Waals surface area contributed by atoms with Gasteiger partial charge in [-0.3, -0.25) is 0 Å². The first-order valence-electron chi connectivity index (χ1n) is 7.08. The van der Waals surface area contributed by atoms with Gasteiger partial charge in [0.25, 0.3) is 0 Å². The van der Waals surface area contributed by atoms with Crippen LogP contribution < -0.4 is 5.32 Å². The van der Waals surface area contributed by atoms with Crippen molar-refractivity contribution < 1.29 is 4.52 Å². The lowest BCUT2D eigenvalue weighted by Crippen LogP contribution is -2.23. The Morgan fingerprint density at radius 2 is 1.76 bits per heavy atom. The van der Waals surface area contributed by atoms with Crippen molar-refractivity contribution in [1.29, 1.82) is 0 Å². The van der Waals surface area contributed by atoms with E-state index in [0.29, 0.717) is 6.54 Å². The van der Waals surface area contributed by atoms with Crippen LogP contribution in [0.25, 0.3) is 0 Å². The Balaban J connectivity index is 1.90. The number of rotatable bonds is 5. The molecule has 1 heterocycles. The summed E-state index contributed by atoms with van der Waals surface area (Å²) >= 11 is 0. The molecule has 0 aliphatic heterocycles. The van der Waals surface area contributed by atoms with Gasteiger partial charge in [-0.1, -0.05) is 59.8 Å². The second kappa shape index (κ2) is 6.37. The number of aryl methyl sites for hydroxylation is 1. The maximum Gasteiger partial charge on any atom is 0.124 e. The molecule has 1 atom stereocenters. The molecule has 3 nitrogen and oxygen atoms in total. The molecule has 0 fully saturated rings. The van der Waals surface area contributed by atoms with Gasteiger partial charge < -0.3 is 9.84 Å². The quantitative estimate of drug-likeness (QED) is 0.770. The fourth-order valence-corrected chi connectivity index (χ4v) is 2.50. The summed E-state index contributed by atoms with van der Waals surface area (Å²) in [5, 5.41) is 7.53. The Morgan fingerprint density at radius 3 is 2.48 bits per heavy atom. The Bertz CT molecular complexity index is 677. The summed E-state index contributed by atoms with van der Waals surface area (Å²) in [7, 11) is 0. The number of hydrogen-bond donors (Lipinski definition) is 1. The Kier molecular flexibility index (Phi) is 4.12. The van der Waals surface area contributed by atoms with Crippen LogP contribution in [-0.4, -0.2) is 5.16 Å². The minimum absolute atomic E-state index is 0.143. The average molecular weight is 278 g/mol. The molecule has 0 amide bonds. The molecule has 106 valence electrons. The van der Waals surface area contributed by atoms with E-state index in [2.05, 4.69) is 65.9 Å². The predicted octanol–water partition coefficient (Wildman–Crippen LogP) is 3.86. The van der Waals surface area contributed by atoms with E-state index in [1.165, 1.54) is 16.7 Å². The first-order chi connectivity index (χ1) is 10.3.